The Morgan fingerprint density at radius 1 is 1.45 bits per heavy atom. The second-order valence-electron chi connectivity index (χ2n) is 3.52. The molecule has 0 saturated heterocycles. The Morgan fingerprint density at radius 3 is 2.82 bits per heavy atom. The molecule has 11 heavy (non-hydrogen) atoms. The number of unbranched alkanes of at least 4 members (excludes halogenated alkanes) is 1. The quantitative estimate of drug-likeness (QED) is 0.614. The van der Waals surface area contributed by atoms with Crippen molar-refractivity contribution in [3.63, 3.8) is 0 Å². The SMILES string of the molecule is CCCCC1C=CC(C)CN1. The van der Waals surface area contributed by atoms with Crippen LogP contribution in [0.5, 0.6) is 0 Å². The zero-order valence-corrected chi connectivity index (χ0v) is 7.64. The summed E-state index contributed by atoms with van der Waals surface area (Å²) >= 11 is 0. The van der Waals surface area contributed by atoms with Crippen LogP contribution in [-0.4, -0.2) is 12.6 Å². The van der Waals surface area contributed by atoms with Crippen LogP contribution in [0.25, 0.3) is 0 Å². The molecule has 1 aliphatic rings. The fourth-order valence-electron chi connectivity index (χ4n) is 1.42. The largest absolute Gasteiger partial charge is 0.310 e. The topological polar surface area (TPSA) is 12.0 Å². The van der Waals surface area contributed by atoms with Gasteiger partial charge in [-0.25, -0.2) is 0 Å². The van der Waals surface area contributed by atoms with E-state index in [-0.39, 0.29) is 0 Å². The molecule has 1 aliphatic heterocycles. The lowest BCUT2D eigenvalue weighted by molar-refractivity contribution is 0.475. The van der Waals surface area contributed by atoms with Gasteiger partial charge in [0.2, 0.25) is 0 Å². The molecular formula is C10H19N. The van der Waals surface area contributed by atoms with E-state index in [0.29, 0.717) is 6.04 Å². The van der Waals surface area contributed by atoms with Gasteiger partial charge in [-0.15, -0.1) is 0 Å². The molecule has 0 saturated carbocycles. The summed E-state index contributed by atoms with van der Waals surface area (Å²) in [4.78, 5) is 0. The minimum atomic E-state index is 0.658. The third-order valence-electron chi connectivity index (χ3n) is 2.24. The van der Waals surface area contributed by atoms with E-state index < -0.39 is 0 Å². The molecule has 0 aromatic rings. The number of hydrogen-bond acceptors (Lipinski definition) is 1. The Balaban J connectivity index is 2.21. The van der Waals surface area contributed by atoms with E-state index in [1.54, 1.807) is 0 Å². The Kier molecular flexibility index (Phi) is 3.64. The van der Waals surface area contributed by atoms with Gasteiger partial charge in [-0.1, -0.05) is 38.8 Å². The maximum atomic E-state index is 3.52. The van der Waals surface area contributed by atoms with Crippen LogP contribution in [0.15, 0.2) is 12.2 Å². The molecule has 1 nitrogen and oxygen atoms in total. The van der Waals surface area contributed by atoms with Gasteiger partial charge in [0.1, 0.15) is 0 Å². The summed E-state index contributed by atoms with van der Waals surface area (Å²) in [5.74, 6) is 0.730. The molecule has 2 atom stereocenters. The lowest BCUT2D eigenvalue weighted by Crippen LogP contribution is -2.34. The van der Waals surface area contributed by atoms with Crippen molar-refractivity contribution in [1.82, 2.24) is 5.32 Å². The highest BCUT2D eigenvalue weighted by Crippen LogP contribution is 2.09. The minimum absolute atomic E-state index is 0.658. The van der Waals surface area contributed by atoms with Crippen LogP contribution in [0.1, 0.15) is 33.1 Å². The Labute approximate surface area is 69.9 Å². The first kappa shape index (κ1) is 8.79. The molecular weight excluding hydrogens is 134 g/mol. The van der Waals surface area contributed by atoms with E-state index in [0.717, 1.165) is 12.5 Å². The van der Waals surface area contributed by atoms with E-state index in [1.807, 2.05) is 0 Å². The highest BCUT2D eigenvalue weighted by atomic mass is 14.9. The van der Waals surface area contributed by atoms with Crippen molar-refractivity contribution in [2.24, 2.45) is 5.92 Å². The lowest BCUT2D eigenvalue weighted by Gasteiger charge is -2.21. The molecule has 0 spiro atoms. The second-order valence-corrected chi connectivity index (χ2v) is 3.52. The zero-order valence-electron chi connectivity index (χ0n) is 7.64. The van der Waals surface area contributed by atoms with E-state index in [4.69, 9.17) is 0 Å². The second kappa shape index (κ2) is 4.55. The minimum Gasteiger partial charge on any atom is -0.310 e. The maximum absolute atomic E-state index is 3.52. The molecule has 0 aliphatic carbocycles. The first-order chi connectivity index (χ1) is 5.33. The first-order valence-corrected chi connectivity index (χ1v) is 4.74. The highest BCUT2D eigenvalue weighted by molar-refractivity contribution is 5.00. The van der Waals surface area contributed by atoms with Crippen LogP contribution in [0.4, 0.5) is 0 Å². The predicted molar refractivity (Wildman–Crippen MR) is 49.6 cm³/mol. The van der Waals surface area contributed by atoms with Crippen molar-refractivity contribution in [2.45, 2.75) is 39.2 Å². The average molecular weight is 153 g/mol. The van der Waals surface area contributed by atoms with Gasteiger partial charge in [0.25, 0.3) is 0 Å². The lowest BCUT2D eigenvalue weighted by atomic mass is 10.0. The van der Waals surface area contributed by atoms with Crippen LogP contribution in [0.3, 0.4) is 0 Å². The van der Waals surface area contributed by atoms with Gasteiger partial charge >= 0.3 is 0 Å². The summed E-state index contributed by atoms with van der Waals surface area (Å²) in [6.07, 6.45) is 8.61. The molecule has 0 radical (unpaired) electrons. The molecule has 1 N–H and O–H groups in total. The average Bonchev–Trinajstić information content (AvgIpc) is 2.04. The highest BCUT2D eigenvalue weighted by Gasteiger charge is 2.09. The van der Waals surface area contributed by atoms with Crippen LogP contribution in [0.2, 0.25) is 0 Å². The Hall–Kier alpha value is -0.300. The number of rotatable bonds is 3. The summed E-state index contributed by atoms with van der Waals surface area (Å²) in [6, 6.07) is 0.658. The smallest absolute Gasteiger partial charge is 0.0250 e. The van der Waals surface area contributed by atoms with Gasteiger partial charge < -0.3 is 5.32 Å². The molecule has 0 bridgehead atoms. The number of hydrogen-bond donors (Lipinski definition) is 1. The van der Waals surface area contributed by atoms with Gasteiger partial charge in [0.05, 0.1) is 0 Å². The maximum Gasteiger partial charge on any atom is 0.0250 e. The summed E-state index contributed by atoms with van der Waals surface area (Å²) in [5.41, 5.74) is 0. The normalized spacial score (nSPS) is 30.7. The standard InChI is InChI=1S/C10H19N/c1-3-4-5-10-7-6-9(2)8-11-10/h6-7,9-11H,3-5,8H2,1-2H3. The summed E-state index contributed by atoms with van der Waals surface area (Å²) in [7, 11) is 0. The van der Waals surface area contributed by atoms with Gasteiger partial charge in [0, 0.05) is 12.6 Å². The van der Waals surface area contributed by atoms with Gasteiger partial charge in [-0.3, -0.25) is 0 Å². The molecule has 0 aromatic carbocycles. The first-order valence-electron chi connectivity index (χ1n) is 4.74. The van der Waals surface area contributed by atoms with Crippen LogP contribution in [-0.2, 0) is 0 Å². The molecule has 64 valence electrons. The molecule has 0 amide bonds. The Morgan fingerprint density at radius 2 is 2.27 bits per heavy atom. The van der Waals surface area contributed by atoms with Crippen molar-refractivity contribution in [3.8, 4) is 0 Å². The summed E-state index contributed by atoms with van der Waals surface area (Å²) < 4.78 is 0. The Bertz CT molecular complexity index is 129. The molecule has 0 fully saturated rings. The monoisotopic (exact) mass is 153 g/mol. The van der Waals surface area contributed by atoms with Crippen molar-refractivity contribution in [1.29, 1.82) is 0 Å². The van der Waals surface area contributed by atoms with Gasteiger partial charge in [-0.05, 0) is 12.3 Å². The van der Waals surface area contributed by atoms with E-state index in [1.165, 1.54) is 19.3 Å². The van der Waals surface area contributed by atoms with E-state index >= 15 is 0 Å². The molecule has 1 rings (SSSR count). The van der Waals surface area contributed by atoms with Crippen LogP contribution >= 0.6 is 0 Å². The molecule has 1 heterocycles. The van der Waals surface area contributed by atoms with Gasteiger partial charge in [0.15, 0.2) is 0 Å². The number of nitrogens with one attached hydrogen (secondary N) is 1. The summed E-state index contributed by atoms with van der Waals surface area (Å²) in [6.45, 7) is 5.65. The van der Waals surface area contributed by atoms with Crippen LogP contribution in [0, 0.1) is 5.92 Å². The fraction of sp³-hybridized carbons (Fsp3) is 0.800. The van der Waals surface area contributed by atoms with Crippen molar-refractivity contribution in [3.05, 3.63) is 12.2 Å². The predicted octanol–water partition coefficient (Wildman–Crippen LogP) is 2.34. The zero-order chi connectivity index (χ0) is 8.10. The van der Waals surface area contributed by atoms with Crippen molar-refractivity contribution in [2.75, 3.05) is 6.54 Å². The van der Waals surface area contributed by atoms with Crippen molar-refractivity contribution < 1.29 is 0 Å². The molecule has 0 aromatic heterocycles. The fourth-order valence-corrected chi connectivity index (χ4v) is 1.42. The van der Waals surface area contributed by atoms with Crippen molar-refractivity contribution >= 4 is 0 Å². The van der Waals surface area contributed by atoms with E-state index in [2.05, 4.69) is 31.3 Å². The molecule has 1 heteroatoms. The van der Waals surface area contributed by atoms with Gasteiger partial charge in [-0.2, -0.15) is 0 Å². The van der Waals surface area contributed by atoms with Crippen LogP contribution < -0.4 is 5.32 Å². The summed E-state index contributed by atoms with van der Waals surface area (Å²) in [5, 5.41) is 3.52. The molecule has 2 unspecified atom stereocenters. The van der Waals surface area contributed by atoms with E-state index in [9.17, 15) is 0 Å². The third kappa shape index (κ3) is 3.06. The third-order valence-corrected chi connectivity index (χ3v) is 2.24.